The molecule has 8 heteroatoms. The molecule has 2 aromatic rings. The first-order valence-corrected chi connectivity index (χ1v) is 6.83. The Morgan fingerprint density at radius 3 is 2.22 bits per heavy atom. The average Bonchev–Trinajstić information content (AvgIpc) is 2.45. The van der Waals surface area contributed by atoms with Crippen molar-refractivity contribution < 1.29 is 39.5 Å². The van der Waals surface area contributed by atoms with Crippen LogP contribution in [0.3, 0.4) is 0 Å². The molecule has 0 aliphatic rings. The van der Waals surface area contributed by atoms with Gasteiger partial charge in [-0.15, -0.1) is 0 Å². The van der Waals surface area contributed by atoms with Crippen LogP contribution >= 0.6 is 23.2 Å². The van der Waals surface area contributed by atoms with Crippen molar-refractivity contribution >= 4 is 40.5 Å². The van der Waals surface area contributed by atoms with Crippen molar-refractivity contribution in [2.24, 2.45) is 5.73 Å². The summed E-state index contributed by atoms with van der Waals surface area (Å²) < 4.78 is 0. The van der Waals surface area contributed by atoms with Gasteiger partial charge in [0.2, 0.25) is 0 Å². The van der Waals surface area contributed by atoms with Crippen molar-refractivity contribution in [1.29, 1.82) is 5.26 Å². The maximum absolute atomic E-state index is 10.7. The molecule has 2 aromatic carbocycles. The summed E-state index contributed by atoms with van der Waals surface area (Å²) in [4.78, 5) is 10.7. The van der Waals surface area contributed by atoms with Gasteiger partial charge in [0.1, 0.15) is 0 Å². The molecule has 114 valence electrons. The van der Waals surface area contributed by atoms with Crippen molar-refractivity contribution in [3.8, 4) is 6.19 Å². The molecule has 0 spiro atoms. The van der Waals surface area contributed by atoms with Crippen LogP contribution in [0.25, 0.3) is 0 Å². The number of carboxylic acids is 1. The number of hydrogen-bond acceptors (Lipinski definition) is 5. The van der Waals surface area contributed by atoms with Crippen LogP contribution in [0.15, 0.2) is 42.5 Å². The fourth-order valence-electron chi connectivity index (χ4n) is 1.70. The quantitative estimate of drug-likeness (QED) is 0.433. The van der Waals surface area contributed by atoms with E-state index in [4.69, 9.17) is 28.5 Å². The van der Waals surface area contributed by atoms with Gasteiger partial charge in [-0.2, -0.15) is 5.26 Å². The van der Waals surface area contributed by atoms with Crippen LogP contribution in [-0.2, 0) is 11.2 Å². The van der Waals surface area contributed by atoms with E-state index in [0.29, 0.717) is 27.0 Å². The molecule has 0 aliphatic carbocycles. The smallest absolute Gasteiger partial charge is 0.550 e. The molecule has 0 bridgehead atoms. The van der Waals surface area contributed by atoms with Crippen LogP contribution in [0.5, 0.6) is 0 Å². The van der Waals surface area contributed by atoms with E-state index >= 15 is 0 Å². The Balaban J connectivity index is 0.00000112. The van der Waals surface area contributed by atoms with Gasteiger partial charge in [-0.25, -0.2) is 0 Å². The number of carboxylic acid groups (broad SMARTS) is 1. The molecule has 0 atom stereocenters. The van der Waals surface area contributed by atoms with Crippen LogP contribution < -0.4 is 45.7 Å². The predicted molar refractivity (Wildman–Crippen MR) is 84.7 cm³/mol. The van der Waals surface area contributed by atoms with Crippen LogP contribution in [0.4, 0.5) is 11.4 Å². The Kier molecular flexibility index (Phi) is 10.5. The molecule has 0 saturated carbocycles. The zero-order chi connectivity index (χ0) is 16.5. The van der Waals surface area contributed by atoms with Crippen LogP contribution in [0, 0.1) is 11.5 Å². The normalized spacial score (nSPS) is 8.74. The van der Waals surface area contributed by atoms with E-state index in [9.17, 15) is 9.90 Å². The van der Waals surface area contributed by atoms with Crippen LogP contribution in [-0.4, -0.2) is 5.97 Å². The second-order valence-electron chi connectivity index (χ2n) is 4.06. The summed E-state index contributed by atoms with van der Waals surface area (Å²) in [5.74, 6) is -1.14. The Hall–Kier alpha value is -1.42. The number of carbonyl (C=O) groups is 1. The third kappa shape index (κ3) is 7.12. The van der Waals surface area contributed by atoms with E-state index in [1.807, 2.05) is 0 Å². The Morgan fingerprint density at radius 1 is 1.17 bits per heavy atom. The first-order valence-electron chi connectivity index (χ1n) is 6.08. The van der Waals surface area contributed by atoms with Gasteiger partial charge in [-0.05, 0) is 23.8 Å². The second kappa shape index (κ2) is 11.2. The van der Waals surface area contributed by atoms with E-state index in [-0.39, 0.29) is 36.0 Å². The SMILES string of the molecule is N#CN.O=C([O-])Cc1ccccc1Nc1c(Cl)cccc1Cl.[Na+]. The number of carbonyl (C=O) groups excluding carboxylic acids is 1. The zero-order valence-corrected chi connectivity index (χ0v) is 15.9. The van der Waals surface area contributed by atoms with Gasteiger partial charge in [0.05, 0.1) is 15.7 Å². The second-order valence-corrected chi connectivity index (χ2v) is 4.87. The van der Waals surface area contributed by atoms with Gasteiger partial charge in [0.25, 0.3) is 0 Å². The zero-order valence-electron chi connectivity index (χ0n) is 12.3. The average molecular weight is 360 g/mol. The summed E-state index contributed by atoms with van der Waals surface area (Å²) in [7, 11) is 0. The number of nitriles is 1. The molecule has 23 heavy (non-hydrogen) atoms. The van der Waals surface area contributed by atoms with Crippen molar-refractivity contribution in [2.75, 3.05) is 5.32 Å². The molecule has 5 nitrogen and oxygen atoms in total. The molecule has 0 heterocycles. The third-order valence-corrected chi connectivity index (χ3v) is 3.20. The summed E-state index contributed by atoms with van der Waals surface area (Å²) in [5.41, 5.74) is 5.96. The van der Waals surface area contributed by atoms with Crippen molar-refractivity contribution in [3.63, 3.8) is 0 Å². The van der Waals surface area contributed by atoms with Gasteiger partial charge >= 0.3 is 29.6 Å². The molecule has 0 radical (unpaired) electrons. The first kappa shape index (κ1) is 21.6. The topological polar surface area (TPSA) is 102 Å². The fourth-order valence-corrected chi connectivity index (χ4v) is 2.20. The number of rotatable bonds is 4. The molecule has 3 N–H and O–H groups in total. The summed E-state index contributed by atoms with van der Waals surface area (Å²) in [6, 6.07) is 12.2. The number of hydrogen-bond donors (Lipinski definition) is 2. The largest absolute Gasteiger partial charge is 1.00 e. The summed E-state index contributed by atoms with van der Waals surface area (Å²) in [6.45, 7) is 0. The molecule has 0 amide bonds. The molecule has 0 fully saturated rings. The molecule has 2 rings (SSSR count). The number of halogens is 2. The van der Waals surface area contributed by atoms with E-state index < -0.39 is 5.97 Å². The van der Waals surface area contributed by atoms with E-state index in [2.05, 4.69) is 11.1 Å². The molecule has 0 unspecified atom stereocenters. The number of para-hydroxylation sites is 2. The molecule has 0 saturated heterocycles. The summed E-state index contributed by atoms with van der Waals surface area (Å²) in [6.07, 6.45) is 1.07. The molecular formula is C15H12Cl2N3NaO2. The number of nitrogens with zero attached hydrogens (tertiary/aromatic N) is 1. The Morgan fingerprint density at radius 2 is 1.70 bits per heavy atom. The van der Waals surface area contributed by atoms with Gasteiger partial charge in [0.15, 0.2) is 6.19 Å². The first-order chi connectivity index (χ1) is 10.5. The van der Waals surface area contributed by atoms with Gasteiger partial charge in [0, 0.05) is 18.1 Å². The monoisotopic (exact) mass is 359 g/mol. The predicted octanol–water partition coefficient (Wildman–Crippen LogP) is -0.540. The maximum Gasteiger partial charge on any atom is 1.00 e. The number of anilines is 2. The van der Waals surface area contributed by atoms with Gasteiger partial charge < -0.3 is 21.0 Å². The number of aliphatic carboxylic acids is 1. The maximum atomic E-state index is 10.7. The number of nitrogens with two attached hydrogens (primary N) is 1. The van der Waals surface area contributed by atoms with Gasteiger partial charge in [-0.1, -0.05) is 47.5 Å². The molecular weight excluding hydrogens is 348 g/mol. The number of nitrogens with one attached hydrogen (secondary N) is 1. The fraction of sp³-hybridized carbons (Fsp3) is 0.0667. The van der Waals surface area contributed by atoms with Crippen molar-refractivity contribution in [3.05, 3.63) is 58.1 Å². The Labute approximate surface area is 166 Å². The minimum atomic E-state index is -1.14. The van der Waals surface area contributed by atoms with E-state index in [1.54, 1.807) is 42.5 Å². The molecule has 0 aliphatic heterocycles. The summed E-state index contributed by atoms with van der Waals surface area (Å²) >= 11 is 12.1. The number of benzene rings is 2. The summed E-state index contributed by atoms with van der Waals surface area (Å²) in [5, 5.41) is 21.8. The minimum Gasteiger partial charge on any atom is -0.550 e. The van der Waals surface area contributed by atoms with Crippen LogP contribution in [0.2, 0.25) is 10.0 Å². The standard InChI is InChI=1S/C14H11Cl2NO2.CH2N2.Na/c15-10-5-3-6-11(16)14(10)17-12-7-2-1-4-9(12)8-13(18)19;2-1-3;/h1-7,17H,8H2,(H,18,19);2H2;/q;;+1/p-1. The van der Waals surface area contributed by atoms with Gasteiger partial charge in [-0.3, -0.25) is 0 Å². The molecule has 0 aromatic heterocycles. The van der Waals surface area contributed by atoms with Crippen molar-refractivity contribution in [1.82, 2.24) is 0 Å². The Bertz CT molecular complexity index is 685. The third-order valence-electron chi connectivity index (χ3n) is 2.57. The van der Waals surface area contributed by atoms with Crippen molar-refractivity contribution in [2.45, 2.75) is 6.42 Å². The minimum absolute atomic E-state index is 0. The van der Waals surface area contributed by atoms with E-state index in [1.165, 1.54) is 6.19 Å². The van der Waals surface area contributed by atoms with Crippen LogP contribution in [0.1, 0.15) is 5.56 Å². The van der Waals surface area contributed by atoms with E-state index in [0.717, 1.165) is 0 Å².